The number of rotatable bonds is 2. The molecule has 12 heavy (non-hydrogen) atoms. The smallest absolute Gasteiger partial charge is 0.306 e. The summed E-state index contributed by atoms with van der Waals surface area (Å²) in [5.41, 5.74) is 3.94. The average molecular weight is 175 g/mol. The van der Waals surface area contributed by atoms with Gasteiger partial charge in [0.2, 0.25) is 0 Å². The van der Waals surface area contributed by atoms with Crippen molar-refractivity contribution >= 4 is 5.97 Å². The minimum Gasteiger partial charge on any atom is -0.481 e. The summed E-state index contributed by atoms with van der Waals surface area (Å²) in [6, 6.07) is 0. The van der Waals surface area contributed by atoms with Crippen LogP contribution in [0.2, 0.25) is 0 Å². The predicted octanol–water partition coefficient (Wildman–Crippen LogP) is 0.928. The van der Waals surface area contributed by atoms with Crippen LogP contribution in [-0.2, 0) is 4.79 Å². The van der Waals surface area contributed by atoms with Gasteiger partial charge in [0, 0.05) is 6.54 Å². The van der Waals surface area contributed by atoms with Crippen LogP contribution in [0.15, 0.2) is 0 Å². The standard InChI is InChI=1S/C8H14FNO2/c9-8(5-10)3-1-6(2-4-8)7(11)12/h6H,1-5,10H2,(H,11,12). The van der Waals surface area contributed by atoms with E-state index < -0.39 is 11.6 Å². The lowest BCUT2D eigenvalue weighted by molar-refractivity contribution is -0.143. The molecule has 0 bridgehead atoms. The first-order valence-electron chi connectivity index (χ1n) is 4.19. The van der Waals surface area contributed by atoms with E-state index in [1.165, 1.54) is 0 Å². The van der Waals surface area contributed by atoms with Crippen LogP contribution < -0.4 is 5.73 Å². The molecule has 0 amide bonds. The minimum absolute atomic E-state index is 0.0132. The Hall–Kier alpha value is -0.640. The summed E-state index contributed by atoms with van der Waals surface area (Å²) in [5, 5.41) is 8.63. The van der Waals surface area contributed by atoms with Crippen LogP contribution >= 0.6 is 0 Å². The summed E-state index contributed by atoms with van der Waals surface area (Å²) in [6.45, 7) is 0.0132. The number of nitrogens with two attached hydrogens (primary N) is 1. The van der Waals surface area contributed by atoms with Gasteiger partial charge in [-0.3, -0.25) is 4.79 Å². The van der Waals surface area contributed by atoms with Gasteiger partial charge in [-0.05, 0) is 25.7 Å². The van der Waals surface area contributed by atoms with Crippen LogP contribution in [0, 0.1) is 5.92 Å². The van der Waals surface area contributed by atoms with Gasteiger partial charge in [-0.2, -0.15) is 0 Å². The van der Waals surface area contributed by atoms with E-state index >= 15 is 0 Å². The van der Waals surface area contributed by atoms with Gasteiger partial charge in [0.15, 0.2) is 0 Å². The number of alkyl halides is 1. The lowest BCUT2D eigenvalue weighted by Gasteiger charge is -2.30. The molecular weight excluding hydrogens is 161 g/mol. The number of aliphatic carboxylic acids is 1. The molecule has 0 spiro atoms. The van der Waals surface area contributed by atoms with E-state index in [0.29, 0.717) is 25.7 Å². The molecule has 3 N–H and O–H groups in total. The van der Waals surface area contributed by atoms with Crippen molar-refractivity contribution in [3.63, 3.8) is 0 Å². The molecule has 0 heterocycles. The van der Waals surface area contributed by atoms with Gasteiger partial charge >= 0.3 is 5.97 Å². The van der Waals surface area contributed by atoms with E-state index in [1.54, 1.807) is 0 Å². The second-order valence-corrected chi connectivity index (χ2v) is 3.47. The zero-order chi connectivity index (χ0) is 9.19. The van der Waals surface area contributed by atoms with Crippen LogP contribution in [0.25, 0.3) is 0 Å². The molecule has 0 aromatic heterocycles. The average Bonchev–Trinajstić information content (AvgIpc) is 2.05. The SMILES string of the molecule is NCC1(F)CCC(C(=O)O)CC1. The minimum atomic E-state index is -1.30. The molecule has 0 radical (unpaired) electrons. The van der Waals surface area contributed by atoms with Crippen molar-refractivity contribution in [2.75, 3.05) is 6.54 Å². The molecule has 0 aromatic carbocycles. The Morgan fingerprint density at radius 1 is 1.58 bits per heavy atom. The molecule has 3 nitrogen and oxygen atoms in total. The van der Waals surface area contributed by atoms with E-state index in [0.717, 1.165) is 0 Å². The number of carboxylic acids is 1. The van der Waals surface area contributed by atoms with Crippen molar-refractivity contribution in [2.45, 2.75) is 31.4 Å². The fraction of sp³-hybridized carbons (Fsp3) is 0.875. The highest BCUT2D eigenvalue weighted by Gasteiger charge is 2.36. The first kappa shape index (κ1) is 9.45. The number of hydrogen-bond donors (Lipinski definition) is 2. The molecule has 1 rings (SSSR count). The van der Waals surface area contributed by atoms with Crippen molar-refractivity contribution in [1.82, 2.24) is 0 Å². The largest absolute Gasteiger partial charge is 0.481 e. The van der Waals surface area contributed by atoms with Crippen LogP contribution in [0.1, 0.15) is 25.7 Å². The number of hydrogen-bond acceptors (Lipinski definition) is 2. The number of carbonyl (C=O) groups is 1. The maximum absolute atomic E-state index is 13.4. The summed E-state index contributed by atoms with van der Waals surface area (Å²) in [4.78, 5) is 10.5. The highest BCUT2D eigenvalue weighted by molar-refractivity contribution is 5.70. The topological polar surface area (TPSA) is 63.3 Å². The Morgan fingerprint density at radius 2 is 2.08 bits per heavy atom. The van der Waals surface area contributed by atoms with Crippen molar-refractivity contribution in [3.8, 4) is 0 Å². The molecule has 1 fully saturated rings. The molecule has 0 aliphatic heterocycles. The monoisotopic (exact) mass is 175 g/mol. The van der Waals surface area contributed by atoms with Gasteiger partial charge < -0.3 is 10.8 Å². The highest BCUT2D eigenvalue weighted by Crippen LogP contribution is 2.34. The van der Waals surface area contributed by atoms with Crippen molar-refractivity contribution in [1.29, 1.82) is 0 Å². The lowest BCUT2D eigenvalue weighted by atomic mass is 9.80. The Balaban J connectivity index is 2.44. The molecule has 0 saturated heterocycles. The first-order valence-corrected chi connectivity index (χ1v) is 4.19. The normalized spacial score (nSPS) is 36.3. The van der Waals surface area contributed by atoms with E-state index in [4.69, 9.17) is 10.8 Å². The fourth-order valence-electron chi connectivity index (χ4n) is 1.59. The van der Waals surface area contributed by atoms with E-state index in [9.17, 15) is 9.18 Å². The second kappa shape index (κ2) is 3.39. The molecule has 1 aliphatic rings. The zero-order valence-electron chi connectivity index (χ0n) is 6.92. The molecular formula is C8H14FNO2. The predicted molar refractivity (Wildman–Crippen MR) is 42.5 cm³/mol. The van der Waals surface area contributed by atoms with Gasteiger partial charge in [0.1, 0.15) is 5.67 Å². The number of halogens is 1. The van der Waals surface area contributed by atoms with Gasteiger partial charge in [0.25, 0.3) is 0 Å². The quantitative estimate of drug-likeness (QED) is 0.656. The van der Waals surface area contributed by atoms with E-state index in [2.05, 4.69) is 0 Å². The zero-order valence-corrected chi connectivity index (χ0v) is 6.92. The van der Waals surface area contributed by atoms with Gasteiger partial charge in [-0.15, -0.1) is 0 Å². The summed E-state index contributed by atoms with van der Waals surface area (Å²) >= 11 is 0. The second-order valence-electron chi connectivity index (χ2n) is 3.47. The van der Waals surface area contributed by atoms with Crippen LogP contribution in [-0.4, -0.2) is 23.3 Å². The molecule has 1 saturated carbocycles. The Kier molecular flexibility index (Phi) is 2.67. The van der Waals surface area contributed by atoms with Crippen molar-refractivity contribution in [2.24, 2.45) is 11.7 Å². The van der Waals surface area contributed by atoms with E-state index in [1.807, 2.05) is 0 Å². The van der Waals surface area contributed by atoms with Crippen LogP contribution in [0.5, 0.6) is 0 Å². The lowest BCUT2D eigenvalue weighted by Crippen LogP contribution is -2.38. The fourth-order valence-corrected chi connectivity index (χ4v) is 1.59. The van der Waals surface area contributed by atoms with Crippen LogP contribution in [0.4, 0.5) is 4.39 Å². The maximum atomic E-state index is 13.4. The maximum Gasteiger partial charge on any atom is 0.306 e. The molecule has 4 heteroatoms. The third kappa shape index (κ3) is 1.94. The summed E-state index contributed by atoms with van der Waals surface area (Å²) < 4.78 is 13.4. The molecule has 0 aromatic rings. The van der Waals surface area contributed by atoms with Gasteiger partial charge in [-0.1, -0.05) is 0 Å². The summed E-state index contributed by atoms with van der Waals surface area (Å²) in [5.74, 6) is -1.17. The van der Waals surface area contributed by atoms with Crippen molar-refractivity contribution < 1.29 is 14.3 Å². The summed E-state index contributed by atoms with van der Waals surface area (Å²) in [6.07, 6.45) is 1.42. The molecule has 0 atom stereocenters. The van der Waals surface area contributed by atoms with Crippen LogP contribution in [0.3, 0.4) is 0 Å². The highest BCUT2D eigenvalue weighted by atomic mass is 19.1. The van der Waals surface area contributed by atoms with Gasteiger partial charge in [0.05, 0.1) is 5.92 Å². The Bertz CT molecular complexity index is 176. The van der Waals surface area contributed by atoms with E-state index in [-0.39, 0.29) is 12.5 Å². The Labute approximate surface area is 70.7 Å². The molecule has 70 valence electrons. The first-order chi connectivity index (χ1) is 5.57. The molecule has 0 unspecified atom stereocenters. The third-order valence-corrected chi connectivity index (χ3v) is 2.60. The van der Waals surface area contributed by atoms with Gasteiger partial charge in [-0.25, -0.2) is 4.39 Å². The van der Waals surface area contributed by atoms with Crippen molar-refractivity contribution in [3.05, 3.63) is 0 Å². The number of carboxylic acid groups (broad SMARTS) is 1. The third-order valence-electron chi connectivity index (χ3n) is 2.60. The summed E-state index contributed by atoms with van der Waals surface area (Å²) in [7, 11) is 0. The Morgan fingerprint density at radius 3 is 2.42 bits per heavy atom. The molecule has 1 aliphatic carbocycles.